The first kappa shape index (κ1) is 34.0. The molecule has 1 atom stereocenters. The number of sulfonamides is 1. The molecule has 0 bridgehead atoms. The molecule has 2 fully saturated rings. The predicted octanol–water partition coefficient (Wildman–Crippen LogP) is 4.61. The number of aliphatic imine (C=N–C) groups is 1. The molecule has 15 heteroatoms. The van der Waals surface area contributed by atoms with Gasteiger partial charge in [0.05, 0.1) is 39.1 Å². The van der Waals surface area contributed by atoms with Crippen LogP contribution in [0.25, 0.3) is 0 Å². The molecule has 2 aliphatic rings. The van der Waals surface area contributed by atoms with Crippen LogP contribution >= 0.6 is 11.6 Å². The van der Waals surface area contributed by atoms with Gasteiger partial charge < -0.3 is 22.1 Å². The lowest BCUT2D eigenvalue weighted by Gasteiger charge is -2.32. The number of piperidine rings is 1. The maximum absolute atomic E-state index is 14.6. The molecule has 1 aliphatic carbocycles. The molecule has 1 aliphatic heterocycles. The van der Waals surface area contributed by atoms with Gasteiger partial charge in [-0.15, -0.1) is 0 Å². The number of nitrogens with two attached hydrogens (primary N) is 2. The van der Waals surface area contributed by atoms with E-state index in [0.717, 1.165) is 30.9 Å². The van der Waals surface area contributed by atoms with E-state index in [4.69, 9.17) is 33.3 Å². The number of carbonyl (C=O) groups is 1. The minimum Gasteiger partial charge on any atom is -0.369 e. The molecule has 12 nitrogen and oxygen atoms in total. The molecule has 47 heavy (non-hydrogen) atoms. The van der Waals surface area contributed by atoms with Crippen LogP contribution in [0.1, 0.15) is 55.3 Å². The van der Waals surface area contributed by atoms with Gasteiger partial charge in [0.2, 0.25) is 21.9 Å². The first-order valence-electron chi connectivity index (χ1n) is 15.4. The van der Waals surface area contributed by atoms with E-state index in [1.54, 1.807) is 24.3 Å². The summed E-state index contributed by atoms with van der Waals surface area (Å²) >= 11 is 6.18. The number of benzene rings is 2. The molecular weight excluding hydrogens is 645 g/mol. The van der Waals surface area contributed by atoms with Crippen LogP contribution in [-0.2, 0) is 21.2 Å². The zero-order valence-corrected chi connectivity index (χ0v) is 27.5. The Labute approximate surface area is 278 Å². The predicted molar refractivity (Wildman–Crippen MR) is 178 cm³/mol. The second-order valence-electron chi connectivity index (χ2n) is 12.1. The third kappa shape index (κ3) is 8.34. The molecule has 1 saturated heterocycles. The number of rotatable bonds is 9. The van der Waals surface area contributed by atoms with Crippen LogP contribution in [0.5, 0.6) is 0 Å². The van der Waals surface area contributed by atoms with Gasteiger partial charge in [0, 0.05) is 25.0 Å². The highest BCUT2D eigenvalue weighted by Crippen LogP contribution is 2.33. The lowest BCUT2D eigenvalue weighted by Crippen LogP contribution is -2.45. The number of nitrogens with one attached hydrogen (secondary N) is 2. The van der Waals surface area contributed by atoms with Crippen molar-refractivity contribution in [1.82, 2.24) is 14.3 Å². The highest BCUT2D eigenvalue weighted by molar-refractivity contribution is 7.89. The maximum Gasteiger partial charge on any atom is 0.243 e. The number of aryl methyl sites for hydroxylation is 1. The van der Waals surface area contributed by atoms with Crippen molar-refractivity contribution < 1.29 is 17.6 Å². The van der Waals surface area contributed by atoms with E-state index >= 15 is 0 Å². The summed E-state index contributed by atoms with van der Waals surface area (Å²) in [5, 5.41) is 15.0. The molecule has 0 radical (unpaired) electrons. The Morgan fingerprint density at radius 3 is 2.55 bits per heavy atom. The number of primary amides is 1. The fraction of sp³-hybridized carbons (Fsp3) is 0.406. The average molecular weight is 682 g/mol. The van der Waals surface area contributed by atoms with E-state index in [9.17, 15) is 17.6 Å². The average Bonchev–Trinajstić information content (AvgIpc) is 3.04. The maximum atomic E-state index is 14.6. The summed E-state index contributed by atoms with van der Waals surface area (Å²) in [6.45, 7) is 2.57. The SMILES string of the molecule is Cc1ccc(S(=O)(=O)N2CCC[C@@H](Nc3ncc(/N=C(\N)Nc4c(F)cc(C#N)cc4Cl)c(C[C@H]4CC[C@@H](C(N)=O)CC4)n3)C2)cc1. The van der Waals surface area contributed by atoms with Gasteiger partial charge in [0.1, 0.15) is 11.5 Å². The molecule has 5 rings (SSSR count). The van der Waals surface area contributed by atoms with Gasteiger partial charge in [0.15, 0.2) is 5.96 Å². The van der Waals surface area contributed by atoms with Gasteiger partial charge in [0.25, 0.3) is 0 Å². The van der Waals surface area contributed by atoms with Gasteiger partial charge >= 0.3 is 0 Å². The Morgan fingerprint density at radius 2 is 1.89 bits per heavy atom. The molecule has 2 aromatic carbocycles. The Kier molecular flexibility index (Phi) is 10.6. The molecule has 1 amide bonds. The van der Waals surface area contributed by atoms with E-state index in [0.29, 0.717) is 49.6 Å². The Bertz CT molecular complexity index is 1780. The zero-order valence-electron chi connectivity index (χ0n) is 25.9. The lowest BCUT2D eigenvalue weighted by atomic mass is 9.79. The van der Waals surface area contributed by atoms with E-state index in [-0.39, 0.29) is 57.5 Å². The van der Waals surface area contributed by atoms with Crippen LogP contribution in [-0.4, -0.2) is 53.7 Å². The Morgan fingerprint density at radius 1 is 1.17 bits per heavy atom. The summed E-state index contributed by atoms with van der Waals surface area (Å²) in [4.78, 5) is 25.6. The van der Waals surface area contributed by atoms with Crippen LogP contribution in [0.15, 0.2) is 52.5 Å². The summed E-state index contributed by atoms with van der Waals surface area (Å²) < 4.78 is 42.8. The fourth-order valence-corrected chi connectivity index (χ4v) is 7.79. The van der Waals surface area contributed by atoms with Crippen molar-refractivity contribution in [2.75, 3.05) is 23.7 Å². The number of halogens is 2. The van der Waals surface area contributed by atoms with Gasteiger partial charge in [-0.25, -0.2) is 27.8 Å². The number of aromatic nitrogens is 2. The van der Waals surface area contributed by atoms with Gasteiger partial charge in [-0.05, 0) is 82.1 Å². The molecule has 3 aromatic rings. The smallest absolute Gasteiger partial charge is 0.243 e. The van der Waals surface area contributed by atoms with Gasteiger partial charge in [-0.3, -0.25) is 4.79 Å². The lowest BCUT2D eigenvalue weighted by molar-refractivity contribution is -0.122. The number of hydrogen-bond donors (Lipinski definition) is 4. The van der Waals surface area contributed by atoms with Crippen LogP contribution < -0.4 is 22.1 Å². The van der Waals surface area contributed by atoms with Crippen molar-refractivity contribution in [3.8, 4) is 6.07 Å². The number of nitrogens with zero attached hydrogens (tertiary/aromatic N) is 5. The van der Waals surface area contributed by atoms with E-state index in [1.165, 1.54) is 16.6 Å². The summed E-state index contributed by atoms with van der Waals surface area (Å²) in [7, 11) is -3.67. The minimum atomic E-state index is -3.67. The molecule has 0 spiro atoms. The van der Waals surface area contributed by atoms with Crippen molar-refractivity contribution in [3.63, 3.8) is 0 Å². The van der Waals surface area contributed by atoms with E-state index in [1.807, 2.05) is 13.0 Å². The number of anilines is 2. The summed E-state index contributed by atoms with van der Waals surface area (Å²) in [6, 6.07) is 10.8. The van der Waals surface area contributed by atoms with Crippen LogP contribution in [0.3, 0.4) is 0 Å². The second kappa shape index (κ2) is 14.6. The molecule has 2 heterocycles. The third-order valence-electron chi connectivity index (χ3n) is 8.62. The first-order chi connectivity index (χ1) is 22.4. The monoisotopic (exact) mass is 681 g/mol. The highest BCUT2D eigenvalue weighted by Gasteiger charge is 2.31. The van der Waals surface area contributed by atoms with Crippen molar-refractivity contribution in [3.05, 3.63) is 70.3 Å². The fourth-order valence-electron chi connectivity index (χ4n) is 6.01. The van der Waals surface area contributed by atoms with Gasteiger partial charge in [-0.2, -0.15) is 9.57 Å². The quantitative estimate of drug-likeness (QED) is 0.184. The summed E-state index contributed by atoms with van der Waals surface area (Å²) in [6.07, 6.45) is 6.33. The topological polar surface area (TPSA) is 192 Å². The Hall–Kier alpha value is -4.32. The largest absolute Gasteiger partial charge is 0.369 e. The molecule has 1 aromatic heterocycles. The first-order valence-corrected chi connectivity index (χ1v) is 17.2. The van der Waals surface area contributed by atoms with Crippen LogP contribution in [0, 0.1) is 35.9 Å². The summed E-state index contributed by atoms with van der Waals surface area (Å²) in [5.74, 6) is -0.851. The highest BCUT2D eigenvalue weighted by atomic mass is 35.5. The van der Waals surface area contributed by atoms with Crippen molar-refractivity contribution in [1.29, 1.82) is 5.26 Å². The van der Waals surface area contributed by atoms with Crippen molar-refractivity contribution in [2.24, 2.45) is 28.3 Å². The zero-order chi connectivity index (χ0) is 33.7. The number of guanidine groups is 1. The molecule has 248 valence electrons. The normalized spacial score (nSPS) is 20.7. The minimum absolute atomic E-state index is 0.0344. The third-order valence-corrected chi connectivity index (χ3v) is 10.8. The van der Waals surface area contributed by atoms with Crippen molar-refractivity contribution >= 4 is 50.8 Å². The molecular formula is C32H37ClFN9O3S. The van der Waals surface area contributed by atoms with E-state index < -0.39 is 15.8 Å². The molecule has 6 N–H and O–H groups in total. The number of carbonyl (C=O) groups excluding carboxylic acids is 1. The number of amides is 1. The van der Waals surface area contributed by atoms with Crippen LogP contribution in [0.4, 0.5) is 21.7 Å². The Balaban J connectivity index is 1.37. The van der Waals surface area contributed by atoms with Crippen molar-refractivity contribution in [2.45, 2.75) is 62.8 Å². The van der Waals surface area contributed by atoms with E-state index in [2.05, 4.69) is 20.6 Å². The standard InChI is InChI=1S/C32H37ClFN9O3S/c1-19-4-10-24(11-5-19)47(45,46)43-12-2-3-23(18-43)39-32-38-17-28(27(41-32)15-20-6-8-22(9-7-20)30(36)44)40-31(37)42-29-25(33)13-21(16-35)14-26(29)34/h4-5,10-11,13-14,17,20,22-23H,2-3,6-9,12,15,18H2,1H3,(H2,36,44)(H3,37,40,42)(H,38,39,41)/t20-,22+,23-/m1/s1. The number of hydrogen-bond acceptors (Lipinski definition) is 8. The summed E-state index contributed by atoms with van der Waals surface area (Å²) in [5.41, 5.74) is 13.5. The van der Waals surface area contributed by atoms with Crippen LogP contribution in [0.2, 0.25) is 5.02 Å². The molecule has 0 unspecified atom stereocenters. The second-order valence-corrected chi connectivity index (χ2v) is 14.4. The number of nitriles is 1. The van der Waals surface area contributed by atoms with Gasteiger partial charge in [-0.1, -0.05) is 29.3 Å². The molecule has 1 saturated carbocycles.